The Balaban J connectivity index is 1.94. The van der Waals surface area contributed by atoms with E-state index in [1.54, 1.807) is 0 Å². The van der Waals surface area contributed by atoms with E-state index >= 15 is 0 Å². The normalized spacial score (nSPS) is 16.0. The van der Waals surface area contributed by atoms with Crippen molar-refractivity contribution in [3.63, 3.8) is 0 Å². The molecule has 0 N–H and O–H groups in total. The lowest BCUT2D eigenvalue weighted by Crippen LogP contribution is -2.18. The zero-order chi connectivity index (χ0) is 19.9. The van der Waals surface area contributed by atoms with Crippen molar-refractivity contribution in [2.24, 2.45) is 4.99 Å². The van der Waals surface area contributed by atoms with E-state index < -0.39 is 0 Å². The number of allylic oxidation sites excluding steroid dienone is 1. The molecule has 3 rings (SSSR count). The predicted octanol–water partition coefficient (Wildman–Crippen LogP) is 6.36. The second-order valence-electron chi connectivity index (χ2n) is 7.11. The summed E-state index contributed by atoms with van der Waals surface area (Å²) in [6.45, 7) is 7.72. The second kappa shape index (κ2) is 9.79. The summed E-state index contributed by atoms with van der Waals surface area (Å²) in [6, 6.07) is 12.3. The van der Waals surface area contributed by atoms with Crippen LogP contribution in [0.25, 0.3) is 6.08 Å². The first-order valence-corrected chi connectivity index (χ1v) is 10.4. The number of halogens is 1. The number of hydrogen-bond donors (Lipinski definition) is 0. The van der Waals surface area contributed by atoms with Crippen molar-refractivity contribution in [3.05, 3.63) is 64.2 Å². The van der Waals surface area contributed by atoms with E-state index in [9.17, 15) is 0 Å². The third kappa shape index (κ3) is 5.17. The molecule has 0 radical (unpaired) electrons. The van der Waals surface area contributed by atoms with Gasteiger partial charge in [-0.15, -0.1) is 0 Å². The van der Waals surface area contributed by atoms with Gasteiger partial charge in [0, 0.05) is 10.6 Å². The van der Waals surface area contributed by atoms with Crippen LogP contribution in [0.3, 0.4) is 0 Å². The fraction of sp³-hybridized carbons (Fsp3) is 0.375. The van der Waals surface area contributed by atoms with Gasteiger partial charge in [-0.05, 0) is 67.7 Å². The van der Waals surface area contributed by atoms with Crippen LogP contribution in [-0.2, 0) is 6.42 Å². The van der Waals surface area contributed by atoms with Crippen LogP contribution in [-0.4, -0.2) is 25.0 Å². The Bertz CT molecular complexity index is 856. The molecule has 1 aliphatic rings. The third-order valence-electron chi connectivity index (χ3n) is 4.55. The van der Waals surface area contributed by atoms with Crippen LogP contribution in [0.2, 0.25) is 5.02 Å². The smallest absolute Gasteiger partial charge is 0.161 e. The number of benzene rings is 2. The highest BCUT2D eigenvalue weighted by atomic mass is 35.5. The van der Waals surface area contributed by atoms with E-state index in [0.717, 1.165) is 52.6 Å². The Hall–Kier alpha value is -2.26. The van der Waals surface area contributed by atoms with E-state index in [1.165, 1.54) is 5.56 Å². The van der Waals surface area contributed by atoms with Crippen LogP contribution in [0, 0.1) is 0 Å². The number of fused-ring (bicyclic) bond motifs is 1. The molecule has 2 aromatic rings. The summed E-state index contributed by atoms with van der Waals surface area (Å²) in [6.07, 6.45) is 6.99. The summed E-state index contributed by atoms with van der Waals surface area (Å²) in [5.74, 6) is 1.64. The standard InChI is InChI=1S/C24H28ClNO2/c1-4-12-27-23-15-19-14-17(3)26-22(21(19)16-24(23)28-13-5-2)11-8-18-6-9-20(25)10-7-18/h6-11,15-17H,4-5,12-14H2,1-3H3/b11-8+. The molecule has 0 bridgehead atoms. The Morgan fingerprint density at radius 1 is 1.00 bits per heavy atom. The molecule has 148 valence electrons. The molecule has 4 heteroatoms. The van der Waals surface area contributed by atoms with Gasteiger partial charge in [-0.2, -0.15) is 0 Å². The molecular weight excluding hydrogens is 370 g/mol. The molecule has 2 aromatic carbocycles. The highest BCUT2D eigenvalue weighted by molar-refractivity contribution is 6.30. The van der Waals surface area contributed by atoms with Gasteiger partial charge in [0.1, 0.15) is 0 Å². The molecule has 0 aliphatic carbocycles. The minimum Gasteiger partial charge on any atom is -0.490 e. The SMILES string of the molecule is CCCOc1cc2c(cc1OCCC)C(/C=C/c1ccc(Cl)cc1)=NC(C)C2. The summed E-state index contributed by atoms with van der Waals surface area (Å²) in [7, 11) is 0. The van der Waals surface area contributed by atoms with Crippen LogP contribution < -0.4 is 9.47 Å². The number of ether oxygens (including phenoxy) is 2. The van der Waals surface area contributed by atoms with Crippen molar-refractivity contribution in [1.82, 2.24) is 0 Å². The molecule has 0 fully saturated rings. The molecule has 1 unspecified atom stereocenters. The maximum atomic E-state index is 5.98. The summed E-state index contributed by atoms with van der Waals surface area (Å²) >= 11 is 5.98. The van der Waals surface area contributed by atoms with Crippen molar-refractivity contribution >= 4 is 23.4 Å². The lowest BCUT2D eigenvalue weighted by Gasteiger charge is -2.22. The van der Waals surface area contributed by atoms with Gasteiger partial charge in [-0.3, -0.25) is 4.99 Å². The summed E-state index contributed by atoms with van der Waals surface area (Å²) < 4.78 is 11.9. The fourth-order valence-corrected chi connectivity index (χ4v) is 3.34. The number of rotatable bonds is 8. The highest BCUT2D eigenvalue weighted by Gasteiger charge is 2.21. The molecule has 1 heterocycles. The lowest BCUT2D eigenvalue weighted by atomic mass is 9.93. The van der Waals surface area contributed by atoms with Gasteiger partial charge in [-0.25, -0.2) is 0 Å². The van der Waals surface area contributed by atoms with E-state index in [2.05, 4.69) is 45.1 Å². The van der Waals surface area contributed by atoms with Crippen molar-refractivity contribution in [1.29, 1.82) is 0 Å². The van der Waals surface area contributed by atoms with Crippen molar-refractivity contribution < 1.29 is 9.47 Å². The van der Waals surface area contributed by atoms with Gasteiger partial charge in [0.15, 0.2) is 11.5 Å². The van der Waals surface area contributed by atoms with E-state index in [-0.39, 0.29) is 6.04 Å². The van der Waals surface area contributed by atoms with Crippen LogP contribution >= 0.6 is 11.6 Å². The van der Waals surface area contributed by atoms with Gasteiger partial charge in [0.05, 0.1) is 25.0 Å². The third-order valence-corrected chi connectivity index (χ3v) is 4.80. The topological polar surface area (TPSA) is 30.8 Å². The summed E-state index contributed by atoms with van der Waals surface area (Å²) in [5.41, 5.74) is 4.45. The van der Waals surface area contributed by atoms with Crippen molar-refractivity contribution in [2.45, 2.75) is 46.1 Å². The van der Waals surface area contributed by atoms with Gasteiger partial charge >= 0.3 is 0 Å². The molecule has 0 saturated carbocycles. The lowest BCUT2D eigenvalue weighted by molar-refractivity contribution is 0.268. The number of nitrogens with zero attached hydrogens (tertiary/aromatic N) is 1. The van der Waals surface area contributed by atoms with E-state index in [1.807, 2.05) is 24.3 Å². The Morgan fingerprint density at radius 2 is 1.64 bits per heavy atom. The number of aliphatic imine (C=N–C) groups is 1. The van der Waals surface area contributed by atoms with Gasteiger partial charge in [0.2, 0.25) is 0 Å². The van der Waals surface area contributed by atoms with Gasteiger partial charge in [-0.1, -0.05) is 43.7 Å². The Kier molecular flexibility index (Phi) is 7.16. The summed E-state index contributed by atoms with van der Waals surface area (Å²) in [4.78, 5) is 4.88. The maximum absolute atomic E-state index is 5.98. The van der Waals surface area contributed by atoms with Gasteiger partial charge < -0.3 is 9.47 Å². The van der Waals surface area contributed by atoms with Crippen LogP contribution in [0.1, 0.15) is 50.3 Å². The van der Waals surface area contributed by atoms with Gasteiger partial charge in [0.25, 0.3) is 0 Å². The molecule has 3 nitrogen and oxygen atoms in total. The highest BCUT2D eigenvalue weighted by Crippen LogP contribution is 2.34. The zero-order valence-electron chi connectivity index (χ0n) is 16.9. The molecule has 0 aromatic heterocycles. The average molecular weight is 398 g/mol. The second-order valence-corrected chi connectivity index (χ2v) is 7.54. The maximum Gasteiger partial charge on any atom is 0.161 e. The van der Waals surface area contributed by atoms with Crippen LogP contribution in [0.15, 0.2) is 47.5 Å². The molecule has 0 spiro atoms. The molecule has 1 aliphatic heterocycles. The fourth-order valence-electron chi connectivity index (χ4n) is 3.21. The van der Waals surface area contributed by atoms with E-state index in [4.69, 9.17) is 26.1 Å². The Morgan fingerprint density at radius 3 is 2.29 bits per heavy atom. The van der Waals surface area contributed by atoms with E-state index in [0.29, 0.717) is 13.2 Å². The molecule has 0 saturated heterocycles. The Labute approximate surface area is 173 Å². The predicted molar refractivity (Wildman–Crippen MR) is 118 cm³/mol. The minimum atomic E-state index is 0.235. The quantitative estimate of drug-likeness (QED) is 0.518. The zero-order valence-corrected chi connectivity index (χ0v) is 17.6. The summed E-state index contributed by atoms with van der Waals surface area (Å²) in [5, 5.41) is 0.739. The largest absolute Gasteiger partial charge is 0.490 e. The molecule has 28 heavy (non-hydrogen) atoms. The molecular formula is C24H28ClNO2. The number of hydrogen-bond acceptors (Lipinski definition) is 3. The first-order chi connectivity index (χ1) is 13.6. The monoisotopic (exact) mass is 397 g/mol. The first kappa shape index (κ1) is 20.5. The van der Waals surface area contributed by atoms with Crippen LogP contribution in [0.5, 0.6) is 11.5 Å². The first-order valence-electron chi connectivity index (χ1n) is 10.0. The van der Waals surface area contributed by atoms with Crippen molar-refractivity contribution in [2.75, 3.05) is 13.2 Å². The molecule has 1 atom stereocenters. The average Bonchev–Trinajstić information content (AvgIpc) is 2.69. The van der Waals surface area contributed by atoms with Crippen molar-refractivity contribution in [3.8, 4) is 11.5 Å². The molecule has 0 amide bonds. The minimum absolute atomic E-state index is 0.235. The van der Waals surface area contributed by atoms with Crippen LogP contribution in [0.4, 0.5) is 0 Å².